The molecule has 0 aliphatic carbocycles. The number of aromatic nitrogens is 1. The smallest absolute Gasteiger partial charge is 0.405 e. The van der Waals surface area contributed by atoms with E-state index < -0.39 is 5.97 Å². The molecular formula is C17H13NO3. The quantitative estimate of drug-likeness (QED) is 0.421. The van der Waals surface area contributed by atoms with Crippen LogP contribution in [-0.2, 0) is 11.3 Å². The molecule has 3 rings (SSSR count). The number of rotatable bonds is 3. The lowest BCUT2D eigenvalue weighted by Gasteiger charge is -2.08. The van der Waals surface area contributed by atoms with Gasteiger partial charge in [-0.3, -0.25) is 0 Å². The lowest BCUT2D eigenvalue weighted by atomic mass is 10.1. The highest BCUT2D eigenvalue weighted by Crippen LogP contribution is 2.19. The van der Waals surface area contributed by atoms with Crippen LogP contribution in [-0.4, -0.2) is 5.97 Å². The van der Waals surface area contributed by atoms with Crippen LogP contribution in [0.3, 0.4) is 0 Å². The third-order valence-electron chi connectivity index (χ3n) is 3.27. The fourth-order valence-corrected chi connectivity index (χ4v) is 2.22. The van der Waals surface area contributed by atoms with E-state index in [1.807, 2.05) is 42.5 Å². The molecule has 21 heavy (non-hydrogen) atoms. The zero-order valence-electron chi connectivity index (χ0n) is 11.2. The summed E-state index contributed by atoms with van der Waals surface area (Å²) < 4.78 is 5.75. The molecule has 0 unspecified atom stereocenters. The molecule has 2 aromatic carbocycles. The summed E-state index contributed by atoms with van der Waals surface area (Å²) in [4.78, 5) is 11.9. The van der Waals surface area contributed by atoms with Gasteiger partial charge in [0.1, 0.15) is 6.61 Å². The van der Waals surface area contributed by atoms with Crippen molar-refractivity contribution in [3.8, 4) is 0 Å². The van der Waals surface area contributed by atoms with Crippen molar-refractivity contribution in [2.24, 2.45) is 0 Å². The van der Waals surface area contributed by atoms with Gasteiger partial charge in [0.05, 0.1) is 0 Å². The Morgan fingerprint density at radius 2 is 1.76 bits per heavy atom. The van der Waals surface area contributed by atoms with E-state index in [4.69, 9.17) is 4.74 Å². The molecule has 1 heterocycles. The van der Waals surface area contributed by atoms with Gasteiger partial charge < -0.3 is 9.94 Å². The first-order valence-electron chi connectivity index (χ1n) is 6.57. The van der Waals surface area contributed by atoms with E-state index in [9.17, 15) is 10.0 Å². The zero-order chi connectivity index (χ0) is 14.7. The summed E-state index contributed by atoms with van der Waals surface area (Å²) in [5.41, 5.74) is 0.896. The van der Waals surface area contributed by atoms with Crippen LogP contribution >= 0.6 is 0 Å². The van der Waals surface area contributed by atoms with Gasteiger partial charge in [-0.2, -0.15) is 4.73 Å². The normalized spacial score (nSPS) is 10.5. The van der Waals surface area contributed by atoms with E-state index >= 15 is 0 Å². The Kier molecular flexibility index (Phi) is 3.51. The van der Waals surface area contributed by atoms with Crippen molar-refractivity contribution in [2.75, 3.05) is 0 Å². The summed E-state index contributed by atoms with van der Waals surface area (Å²) in [7, 11) is 0. The molecule has 4 heteroatoms. The molecule has 0 atom stereocenters. The number of benzene rings is 2. The number of hydrogen-bond acceptors (Lipinski definition) is 3. The van der Waals surface area contributed by atoms with Crippen LogP contribution in [0.1, 0.15) is 16.1 Å². The van der Waals surface area contributed by atoms with Crippen LogP contribution in [0.25, 0.3) is 10.8 Å². The van der Waals surface area contributed by atoms with Gasteiger partial charge in [-0.25, -0.2) is 4.79 Å². The minimum absolute atomic E-state index is 0.0160. The van der Waals surface area contributed by atoms with Crippen molar-refractivity contribution >= 4 is 16.7 Å². The van der Waals surface area contributed by atoms with Crippen molar-refractivity contribution < 1.29 is 14.3 Å². The fourth-order valence-electron chi connectivity index (χ4n) is 2.22. The number of hydrogen-bond donors (Lipinski definition) is 0. The van der Waals surface area contributed by atoms with Crippen LogP contribution in [0, 0.1) is 5.21 Å². The molecule has 0 fully saturated rings. The highest BCUT2D eigenvalue weighted by molar-refractivity contribution is 5.87. The largest absolute Gasteiger partial charge is 0.618 e. The predicted molar refractivity (Wildman–Crippen MR) is 78.5 cm³/mol. The summed E-state index contributed by atoms with van der Waals surface area (Å²) in [6, 6.07) is 18.4. The Labute approximate surface area is 121 Å². The van der Waals surface area contributed by atoms with Gasteiger partial charge >= 0.3 is 11.7 Å². The monoisotopic (exact) mass is 279 g/mol. The van der Waals surface area contributed by atoms with Crippen LogP contribution in [0.15, 0.2) is 66.9 Å². The molecule has 0 saturated heterocycles. The first kappa shape index (κ1) is 13.1. The molecule has 104 valence electrons. The summed E-state index contributed by atoms with van der Waals surface area (Å²) in [6.45, 7) is 0.134. The zero-order valence-corrected chi connectivity index (χ0v) is 11.2. The Bertz CT molecular complexity index is 793. The first-order valence-corrected chi connectivity index (χ1v) is 6.57. The van der Waals surface area contributed by atoms with E-state index in [1.165, 1.54) is 12.3 Å². The Hall–Kier alpha value is -2.88. The number of nitrogens with zero attached hydrogens (tertiary/aromatic N) is 1. The van der Waals surface area contributed by atoms with Gasteiger partial charge in [0, 0.05) is 12.1 Å². The average Bonchev–Trinajstić information content (AvgIpc) is 2.53. The molecule has 4 nitrogen and oxygen atoms in total. The summed E-state index contributed by atoms with van der Waals surface area (Å²) in [6.07, 6.45) is 1.27. The molecule has 0 N–H and O–H groups in total. The van der Waals surface area contributed by atoms with Gasteiger partial charge in [0.25, 0.3) is 0 Å². The molecule has 0 aliphatic heterocycles. The average molecular weight is 279 g/mol. The second-order valence-electron chi connectivity index (χ2n) is 4.63. The maximum Gasteiger partial charge on any atom is 0.405 e. The number of esters is 1. The van der Waals surface area contributed by atoms with Crippen molar-refractivity contribution in [3.63, 3.8) is 0 Å². The number of carbonyl (C=O) groups is 1. The number of carbonyl (C=O) groups excluding carboxylic acids is 1. The molecule has 0 aliphatic rings. The lowest BCUT2D eigenvalue weighted by molar-refractivity contribution is -0.608. The molecular weight excluding hydrogens is 266 g/mol. The second kappa shape index (κ2) is 5.63. The lowest BCUT2D eigenvalue weighted by Crippen LogP contribution is -2.34. The summed E-state index contributed by atoms with van der Waals surface area (Å²) >= 11 is 0. The molecule has 0 spiro atoms. The maximum absolute atomic E-state index is 11.9. The fraction of sp³-hybridized carbons (Fsp3) is 0.0588. The molecule has 0 bridgehead atoms. The predicted octanol–water partition coefficient (Wildman–Crippen LogP) is 2.83. The van der Waals surface area contributed by atoms with Crippen LogP contribution < -0.4 is 4.73 Å². The standard InChI is InChI=1S/C17H13NO3/c19-17(16-10-3-4-11-18(16)20)21-12-14-8-5-7-13-6-1-2-9-15(13)14/h1-11H,12H2. The molecule has 3 aromatic rings. The van der Waals surface area contributed by atoms with Gasteiger partial charge in [-0.05, 0) is 22.4 Å². The minimum atomic E-state index is -0.626. The van der Waals surface area contributed by atoms with E-state index in [0.717, 1.165) is 16.3 Å². The second-order valence-corrected chi connectivity index (χ2v) is 4.63. The maximum atomic E-state index is 11.9. The number of fused-ring (bicyclic) bond motifs is 1. The van der Waals surface area contributed by atoms with Crippen LogP contribution in [0.2, 0.25) is 0 Å². The van der Waals surface area contributed by atoms with Gasteiger partial charge in [0.2, 0.25) is 0 Å². The van der Waals surface area contributed by atoms with Gasteiger partial charge in [-0.1, -0.05) is 42.5 Å². The van der Waals surface area contributed by atoms with E-state index in [1.54, 1.807) is 12.1 Å². The topological polar surface area (TPSA) is 53.2 Å². The van der Waals surface area contributed by atoms with Crippen molar-refractivity contribution in [3.05, 3.63) is 83.3 Å². The molecule has 0 radical (unpaired) electrons. The summed E-state index contributed by atoms with van der Waals surface area (Å²) in [5.74, 6) is -0.626. The third kappa shape index (κ3) is 2.69. The highest BCUT2D eigenvalue weighted by atomic mass is 16.5. The Balaban J connectivity index is 1.81. The van der Waals surface area contributed by atoms with Crippen molar-refractivity contribution in [2.45, 2.75) is 6.61 Å². The van der Waals surface area contributed by atoms with Crippen molar-refractivity contribution in [1.29, 1.82) is 0 Å². The van der Waals surface area contributed by atoms with Crippen molar-refractivity contribution in [1.82, 2.24) is 0 Å². The van der Waals surface area contributed by atoms with E-state index in [2.05, 4.69) is 0 Å². The Morgan fingerprint density at radius 1 is 1.00 bits per heavy atom. The first-order chi connectivity index (χ1) is 10.3. The van der Waals surface area contributed by atoms with E-state index in [-0.39, 0.29) is 12.3 Å². The number of ether oxygens (including phenoxy) is 1. The Morgan fingerprint density at radius 3 is 2.62 bits per heavy atom. The van der Waals surface area contributed by atoms with Crippen LogP contribution in [0.4, 0.5) is 0 Å². The SMILES string of the molecule is O=C(OCc1cccc2ccccc12)c1cccc[n+]1[O-]. The van der Waals surface area contributed by atoms with Gasteiger partial charge in [0.15, 0.2) is 6.20 Å². The van der Waals surface area contributed by atoms with Crippen LogP contribution in [0.5, 0.6) is 0 Å². The third-order valence-corrected chi connectivity index (χ3v) is 3.27. The molecule has 1 aromatic heterocycles. The summed E-state index contributed by atoms with van der Waals surface area (Å²) in [5, 5.41) is 13.6. The van der Waals surface area contributed by atoms with E-state index in [0.29, 0.717) is 4.73 Å². The number of pyridine rings is 1. The molecule has 0 saturated carbocycles. The molecule has 0 amide bonds. The van der Waals surface area contributed by atoms with Gasteiger partial charge in [-0.15, -0.1) is 0 Å². The minimum Gasteiger partial charge on any atom is -0.618 e. The highest BCUT2D eigenvalue weighted by Gasteiger charge is 2.16.